The van der Waals surface area contributed by atoms with Gasteiger partial charge in [-0.25, -0.2) is 9.67 Å². The molecule has 1 aliphatic carbocycles. The van der Waals surface area contributed by atoms with Crippen LogP contribution in [0, 0.1) is 11.8 Å². The lowest BCUT2D eigenvalue weighted by molar-refractivity contribution is -0.138. The Morgan fingerprint density at radius 1 is 1.59 bits per heavy atom. The van der Waals surface area contributed by atoms with Gasteiger partial charge in [-0.05, 0) is 23.9 Å². The van der Waals surface area contributed by atoms with Crippen LogP contribution in [0.3, 0.4) is 0 Å². The second kappa shape index (κ2) is 3.66. The number of carboxylic acid groups (broad SMARTS) is 1. The fourth-order valence-corrected chi connectivity index (χ4v) is 2.08. The van der Waals surface area contributed by atoms with Gasteiger partial charge < -0.3 is 5.11 Å². The Morgan fingerprint density at radius 2 is 2.41 bits per heavy atom. The van der Waals surface area contributed by atoms with E-state index in [-0.39, 0.29) is 17.1 Å². The predicted octanol–water partition coefficient (Wildman–Crippen LogP) is 1.20. The molecule has 0 bridgehead atoms. The minimum atomic E-state index is -0.737. The van der Waals surface area contributed by atoms with Gasteiger partial charge in [-0.2, -0.15) is 10.1 Å². The van der Waals surface area contributed by atoms with Gasteiger partial charge in [0.25, 0.3) is 0 Å². The molecule has 2 aromatic heterocycles. The van der Waals surface area contributed by atoms with Crippen molar-refractivity contribution in [3.63, 3.8) is 0 Å². The van der Waals surface area contributed by atoms with Crippen molar-refractivity contribution in [2.75, 3.05) is 0 Å². The van der Waals surface area contributed by atoms with Crippen LogP contribution in [0.4, 0.5) is 0 Å². The maximum atomic E-state index is 10.7. The zero-order valence-corrected chi connectivity index (χ0v) is 9.50. The van der Waals surface area contributed by atoms with Crippen molar-refractivity contribution in [3.8, 4) is 0 Å². The summed E-state index contributed by atoms with van der Waals surface area (Å²) in [4.78, 5) is 18.7. The zero-order chi connectivity index (χ0) is 12.0. The van der Waals surface area contributed by atoms with Crippen molar-refractivity contribution in [1.29, 1.82) is 0 Å². The highest BCUT2D eigenvalue weighted by Crippen LogP contribution is 2.40. The fraction of sp³-hybridized carbons (Fsp3) is 0.400. The van der Waals surface area contributed by atoms with Gasteiger partial charge >= 0.3 is 5.97 Å². The Balaban J connectivity index is 1.86. The number of hydrogen-bond acceptors (Lipinski definition) is 4. The van der Waals surface area contributed by atoms with Gasteiger partial charge in [0, 0.05) is 12.7 Å². The molecule has 6 nitrogen and oxygen atoms in total. The van der Waals surface area contributed by atoms with Gasteiger partial charge in [0.1, 0.15) is 0 Å². The average molecular weight is 253 g/mol. The highest BCUT2D eigenvalue weighted by atomic mass is 35.5. The lowest BCUT2D eigenvalue weighted by Crippen LogP contribution is -2.07. The van der Waals surface area contributed by atoms with E-state index in [1.807, 2.05) is 0 Å². The van der Waals surface area contributed by atoms with Crippen molar-refractivity contribution in [2.24, 2.45) is 11.8 Å². The molecule has 2 unspecified atom stereocenters. The van der Waals surface area contributed by atoms with Crippen molar-refractivity contribution < 1.29 is 9.90 Å². The number of aromatic nitrogens is 4. The van der Waals surface area contributed by atoms with E-state index in [1.54, 1.807) is 17.1 Å². The summed E-state index contributed by atoms with van der Waals surface area (Å²) < 4.78 is 1.69. The molecule has 0 radical (unpaired) electrons. The number of carboxylic acids is 1. The largest absolute Gasteiger partial charge is 0.481 e. The van der Waals surface area contributed by atoms with Crippen LogP contribution in [0.1, 0.15) is 6.42 Å². The molecular formula is C10H9ClN4O2. The van der Waals surface area contributed by atoms with Gasteiger partial charge in [0.05, 0.1) is 17.5 Å². The molecule has 2 aromatic rings. The summed E-state index contributed by atoms with van der Waals surface area (Å²) in [7, 11) is 0. The van der Waals surface area contributed by atoms with Gasteiger partial charge in [-0.15, -0.1) is 0 Å². The third kappa shape index (κ3) is 1.84. The van der Waals surface area contributed by atoms with Crippen LogP contribution in [0.5, 0.6) is 0 Å². The van der Waals surface area contributed by atoms with Crippen LogP contribution in [0.15, 0.2) is 12.4 Å². The molecular weight excluding hydrogens is 244 g/mol. The summed E-state index contributed by atoms with van der Waals surface area (Å²) in [6.45, 7) is 0.563. The van der Waals surface area contributed by atoms with E-state index in [9.17, 15) is 4.79 Å². The third-order valence-corrected chi connectivity index (χ3v) is 3.18. The molecule has 3 rings (SSSR count). The first-order chi connectivity index (χ1) is 8.15. The molecule has 1 aliphatic rings. The monoisotopic (exact) mass is 252 g/mol. The molecule has 7 heteroatoms. The van der Waals surface area contributed by atoms with Crippen molar-refractivity contribution >= 4 is 28.6 Å². The molecule has 17 heavy (non-hydrogen) atoms. The van der Waals surface area contributed by atoms with Crippen LogP contribution in [0.2, 0.25) is 5.28 Å². The quantitative estimate of drug-likeness (QED) is 0.830. The van der Waals surface area contributed by atoms with Crippen molar-refractivity contribution in [1.82, 2.24) is 19.7 Å². The van der Waals surface area contributed by atoms with Gasteiger partial charge in [0.2, 0.25) is 5.28 Å². The minimum absolute atomic E-state index is 0.143. The molecule has 0 aliphatic heterocycles. The van der Waals surface area contributed by atoms with Crippen LogP contribution in [-0.2, 0) is 11.3 Å². The first-order valence-corrected chi connectivity index (χ1v) is 5.60. The van der Waals surface area contributed by atoms with Crippen LogP contribution in [-0.4, -0.2) is 30.8 Å². The summed E-state index contributed by atoms with van der Waals surface area (Å²) in [6.07, 6.45) is 3.97. The second-order valence-electron chi connectivity index (χ2n) is 4.19. The Bertz CT molecular complexity index is 597. The van der Waals surface area contributed by atoms with E-state index >= 15 is 0 Å². The van der Waals surface area contributed by atoms with Gasteiger partial charge in [-0.3, -0.25) is 4.79 Å². The Labute approximate surface area is 101 Å². The molecule has 1 saturated carbocycles. The average Bonchev–Trinajstić information content (AvgIpc) is 2.95. The smallest absolute Gasteiger partial charge is 0.306 e. The van der Waals surface area contributed by atoms with E-state index in [1.165, 1.54) is 0 Å². The number of rotatable bonds is 3. The lowest BCUT2D eigenvalue weighted by atomic mass is 10.3. The summed E-state index contributed by atoms with van der Waals surface area (Å²) in [5.41, 5.74) is 0.654. The molecule has 0 spiro atoms. The van der Waals surface area contributed by atoms with E-state index in [2.05, 4.69) is 15.1 Å². The topological polar surface area (TPSA) is 80.9 Å². The molecule has 1 N–H and O–H groups in total. The van der Waals surface area contributed by atoms with Crippen LogP contribution < -0.4 is 0 Å². The molecule has 1 fully saturated rings. The molecule has 0 amide bonds. The maximum Gasteiger partial charge on any atom is 0.306 e. The molecule has 2 atom stereocenters. The maximum absolute atomic E-state index is 10.7. The summed E-state index contributed by atoms with van der Waals surface area (Å²) in [5.74, 6) is -0.838. The second-order valence-corrected chi connectivity index (χ2v) is 4.52. The molecule has 88 valence electrons. The highest BCUT2D eigenvalue weighted by molar-refractivity contribution is 6.28. The Morgan fingerprint density at radius 3 is 3.12 bits per heavy atom. The first-order valence-electron chi connectivity index (χ1n) is 5.22. The zero-order valence-electron chi connectivity index (χ0n) is 8.75. The normalized spacial score (nSPS) is 22.9. The number of hydrogen-bond donors (Lipinski definition) is 1. The number of nitrogens with zero attached hydrogens (tertiary/aromatic N) is 4. The van der Waals surface area contributed by atoms with E-state index < -0.39 is 5.97 Å². The SMILES string of the molecule is O=C(O)C1CC1Cn1ncc2cnc(Cl)nc21. The van der Waals surface area contributed by atoms with E-state index in [0.717, 1.165) is 5.39 Å². The minimum Gasteiger partial charge on any atom is -0.481 e. The third-order valence-electron chi connectivity index (χ3n) is 2.99. The number of carbonyl (C=O) groups is 1. The number of halogens is 1. The van der Waals surface area contributed by atoms with Crippen LogP contribution in [0.25, 0.3) is 11.0 Å². The molecule has 0 aromatic carbocycles. The summed E-state index contributed by atoms with van der Waals surface area (Å²) >= 11 is 5.72. The summed E-state index contributed by atoms with van der Waals surface area (Å²) in [6, 6.07) is 0. The number of aliphatic carboxylic acids is 1. The van der Waals surface area contributed by atoms with Crippen molar-refractivity contribution in [2.45, 2.75) is 13.0 Å². The highest BCUT2D eigenvalue weighted by Gasteiger charge is 2.43. The predicted molar refractivity (Wildman–Crippen MR) is 59.6 cm³/mol. The first kappa shape index (κ1) is 10.5. The van der Waals surface area contributed by atoms with E-state index in [0.29, 0.717) is 18.6 Å². The molecule has 0 saturated heterocycles. The summed E-state index contributed by atoms with van der Waals surface area (Å²) in [5, 5.41) is 14.0. The van der Waals surface area contributed by atoms with Crippen LogP contribution >= 0.6 is 11.6 Å². The van der Waals surface area contributed by atoms with Crippen molar-refractivity contribution in [3.05, 3.63) is 17.7 Å². The molecule has 2 heterocycles. The number of fused-ring (bicyclic) bond motifs is 1. The van der Waals surface area contributed by atoms with Gasteiger partial charge in [-0.1, -0.05) is 0 Å². The Hall–Kier alpha value is -1.69. The fourth-order valence-electron chi connectivity index (χ4n) is 1.95. The van der Waals surface area contributed by atoms with E-state index in [4.69, 9.17) is 16.7 Å². The van der Waals surface area contributed by atoms with Gasteiger partial charge in [0.15, 0.2) is 5.65 Å². The standard InChI is InChI=1S/C10H9ClN4O2/c11-10-12-2-6-3-13-15(8(6)14-10)4-5-1-7(5)9(16)17/h2-3,5,7H,1,4H2,(H,16,17). The lowest BCUT2D eigenvalue weighted by Gasteiger charge is -2.01. The Kier molecular flexibility index (Phi) is 2.25.